The van der Waals surface area contributed by atoms with E-state index in [-0.39, 0.29) is 12.1 Å². The number of carbonyl (C=O) groups excluding carboxylic acids is 2. The van der Waals surface area contributed by atoms with E-state index in [0.717, 1.165) is 4.57 Å². The first kappa shape index (κ1) is 22.9. The first-order valence-corrected chi connectivity index (χ1v) is 10.9. The molecule has 0 saturated carbocycles. The maximum atomic E-state index is 12.5. The molecule has 0 aliphatic heterocycles. The average Bonchev–Trinajstić information content (AvgIpc) is 3.32. The van der Waals surface area contributed by atoms with Crippen molar-refractivity contribution in [2.45, 2.75) is 6.54 Å². The zero-order valence-electron chi connectivity index (χ0n) is 18.3. The first-order valence-electron chi connectivity index (χ1n) is 10.1. The van der Waals surface area contributed by atoms with E-state index in [2.05, 4.69) is 15.3 Å². The van der Waals surface area contributed by atoms with Gasteiger partial charge < -0.3 is 14.2 Å². The van der Waals surface area contributed by atoms with E-state index >= 15 is 0 Å². The third kappa shape index (κ3) is 5.04. The number of aromatic nitrogens is 3. The van der Waals surface area contributed by atoms with Gasteiger partial charge in [-0.2, -0.15) is 0 Å². The normalized spacial score (nSPS) is 10.6. The van der Waals surface area contributed by atoms with Crippen LogP contribution in [0.15, 0.2) is 59.0 Å². The highest BCUT2D eigenvalue weighted by Gasteiger charge is 2.15. The molecular formula is C23H20N4O6S. The van der Waals surface area contributed by atoms with Crippen molar-refractivity contribution in [3.63, 3.8) is 0 Å². The maximum Gasteiger partial charge on any atom is 0.326 e. The Hall–Kier alpha value is -4.25. The summed E-state index contributed by atoms with van der Waals surface area (Å²) in [6, 6.07) is 12.1. The molecule has 1 N–H and O–H groups in total. The Morgan fingerprint density at radius 2 is 1.94 bits per heavy atom. The molecule has 0 saturated heterocycles. The van der Waals surface area contributed by atoms with E-state index in [1.54, 1.807) is 62.1 Å². The van der Waals surface area contributed by atoms with Gasteiger partial charge in [0, 0.05) is 10.9 Å². The predicted octanol–water partition coefficient (Wildman–Crippen LogP) is 2.72. The fourth-order valence-corrected chi connectivity index (χ4v) is 3.90. The lowest BCUT2D eigenvalue weighted by Crippen LogP contribution is -2.28. The summed E-state index contributed by atoms with van der Waals surface area (Å²) in [4.78, 5) is 45.4. The highest BCUT2D eigenvalue weighted by atomic mass is 32.1. The molecule has 0 unspecified atom stereocenters. The van der Waals surface area contributed by atoms with Crippen molar-refractivity contribution >= 4 is 39.2 Å². The summed E-state index contributed by atoms with van der Waals surface area (Å²) < 4.78 is 16.8. The maximum absolute atomic E-state index is 12.5. The van der Waals surface area contributed by atoms with Crippen molar-refractivity contribution in [2.75, 3.05) is 26.1 Å². The fraction of sp³-hybridized carbons (Fsp3) is 0.174. The van der Waals surface area contributed by atoms with Crippen LogP contribution in [0.1, 0.15) is 0 Å². The van der Waals surface area contributed by atoms with Crippen molar-refractivity contribution < 1.29 is 23.8 Å². The molecule has 0 spiro atoms. The van der Waals surface area contributed by atoms with Gasteiger partial charge in [-0.25, -0.2) is 9.97 Å². The number of thiazole rings is 1. The highest BCUT2D eigenvalue weighted by Crippen LogP contribution is 2.34. The second-order valence-corrected chi connectivity index (χ2v) is 7.87. The predicted molar refractivity (Wildman–Crippen MR) is 126 cm³/mol. The Morgan fingerprint density at radius 1 is 1.12 bits per heavy atom. The topological polar surface area (TPSA) is 122 Å². The summed E-state index contributed by atoms with van der Waals surface area (Å²) in [7, 11) is 3.11. The Bertz CT molecular complexity index is 1410. The van der Waals surface area contributed by atoms with Crippen LogP contribution < -0.4 is 20.3 Å². The standard InChI is InChI=1S/C23H20N4O6S/c1-31-14-7-8-19(32-2)16(9-14)18-12-34-23(25-18)26-20(28)11-33-21(29)10-27-13-24-17-6-4-3-5-15(17)22(27)30/h3-9,12-13H,10-11H2,1-2H3,(H,25,26,28). The van der Waals surface area contributed by atoms with Crippen LogP contribution in [0.2, 0.25) is 0 Å². The van der Waals surface area contributed by atoms with Gasteiger partial charge in [-0.3, -0.25) is 24.3 Å². The zero-order chi connectivity index (χ0) is 24.1. The summed E-state index contributed by atoms with van der Waals surface area (Å²) >= 11 is 1.21. The highest BCUT2D eigenvalue weighted by molar-refractivity contribution is 7.14. The van der Waals surface area contributed by atoms with Crippen molar-refractivity contribution in [1.29, 1.82) is 0 Å². The lowest BCUT2D eigenvalue weighted by atomic mass is 10.1. The van der Waals surface area contributed by atoms with Gasteiger partial charge in [-0.1, -0.05) is 12.1 Å². The smallest absolute Gasteiger partial charge is 0.326 e. The minimum absolute atomic E-state index is 0.330. The number of methoxy groups -OCH3 is 2. The number of hydrogen-bond donors (Lipinski definition) is 1. The Kier molecular flexibility index (Phi) is 6.83. The molecule has 2 aromatic heterocycles. The van der Waals surface area contributed by atoms with Crippen LogP contribution >= 0.6 is 11.3 Å². The number of hydrogen-bond acceptors (Lipinski definition) is 9. The molecule has 11 heteroatoms. The van der Waals surface area contributed by atoms with Crippen molar-refractivity contribution in [2.24, 2.45) is 0 Å². The second kappa shape index (κ2) is 10.1. The van der Waals surface area contributed by atoms with Gasteiger partial charge in [-0.15, -0.1) is 11.3 Å². The largest absolute Gasteiger partial charge is 0.497 e. The van der Waals surface area contributed by atoms with Crippen molar-refractivity contribution in [1.82, 2.24) is 14.5 Å². The quantitative estimate of drug-likeness (QED) is 0.382. The number of amides is 1. The summed E-state index contributed by atoms with van der Waals surface area (Å²) in [5.74, 6) is -0.0514. The lowest BCUT2D eigenvalue weighted by Gasteiger charge is -2.08. The molecule has 2 aromatic carbocycles. The minimum Gasteiger partial charge on any atom is -0.497 e. The summed E-state index contributed by atoms with van der Waals surface area (Å²) in [5.41, 5.74) is 1.47. The van der Waals surface area contributed by atoms with Crippen LogP contribution in [-0.2, 0) is 20.9 Å². The number of carbonyl (C=O) groups is 2. The van der Waals surface area contributed by atoms with Gasteiger partial charge in [0.05, 0.1) is 37.1 Å². The molecule has 4 rings (SSSR count). The van der Waals surface area contributed by atoms with E-state index < -0.39 is 18.5 Å². The van der Waals surface area contributed by atoms with Crippen LogP contribution in [0.3, 0.4) is 0 Å². The molecule has 0 radical (unpaired) electrons. The molecule has 4 aromatic rings. The van der Waals surface area contributed by atoms with Crippen molar-refractivity contribution in [3.8, 4) is 22.8 Å². The number of anilines is 1. The minimum atomic E-state index is -0.740. The average molecular weight is 481 g/mol. The molecule has 1 amide bonds. The van der Waals surface area contributed by atoms with Crippen LogP contribution in [0.5, 0.6) is 11.5 Å². The van der Waals surface area contributed by atoms with Crippen LogP contribution in [-0.4, -0.2) is 47.2 Å². The number of rotatable bonds is 8. The summed E-state index contributed by atoms with van der Waals surface area (Å²) in [5, 5.41) is 5.07. The third-order valence-corrected chi connectivity index (χ3v) is 5.59. The number of benzene rings is 2. The summed E-state index contributed by atoms with van der Waals surface area (Å²) in [6.45, 7) is -0.882. The van der Waals surface area contributed by atoms with Gasteiger partial charge in [0.25, 0.3) is 11.5 Å². The van der Waals surface area contributed by atoms with Crippen molar-refractivity contribution in [3.05, 3.63) is 64.5 Å². The monoisotopic (exact) mass is 480 g/mol. The molecule has 34 heavy (non-hydrogen) atoms. The molecule has 0 aliphatic rings. The zero-order valence-corrected chi connectivity index (χ0v) is 19.1. The number of esters is 1. The van der Waals surface area contributed by atoms with Crippen LogP contribution in [0.25, 0.3) is 22.2 Å². The second-order valence-electron chi connectivity index (χ2n) is 7.01. The van der Waals surface area contributed by atoms with E-state index in [0.29, 0.717) is 38.8 Å². The first-order chi connectivity index (χ1) is 16.5. The van der Waals surface area contributed by atoms with Crippen LogP contribution in [0.4, 0.5) is 5.13 Å². The third-order valence-electron chi connectivity index (χ3n) is 4.83. The SMILES string of the molecule is COc1ccc(OC)c(-c2csc(NC(=O)COC(=O)Cn3cnc4ccccc4c3=O)n2)c1. The molecule has 0 fully saturated rings. The van der Waals surface area contributed by atoms with Gasteiger partial charge in [0.1, 0.15) is 18.0 Å². The van der Waals surface area contributed by atoms with Gasteiger partial charge in [0.15, 0.2) is 11.7 Å². The molecular weight excluding hydrogens is 460 g/mol. The number of fused-ring (bicyclic) bond motifs is 1. The number of nitrogens with one attached hydrogen (secondary N) is 1. The number of nitrogens with zero attached hydrogens (tertiary/aromatic N) is 3. The lowest BCUT2D eigenvalue weighted by molar-refractivity contribution is -0.147. The molecule has 0 atom stereocenters. The summed E-state index contributed by atoms with van der Waals surface area (Å²) in [6.07, 6.45) is 1.27. The van der Waals surface area contributed by atoms with Gasteiger partial charge in [0.2, 0.25) is 0 Å². The number of para-hydroxylation sites is 1. The molecule has 174 valence electrons. The van der Waals surface area contributed by atoms with E-state index in [4.69, 9.17) is 14.2 Å². The van der Waals surface area contributed by atoms with E-state index in [1.807, 2.05) is 0 Å². The van der Waals surface area contributed by atoms with Gasteiger partial charge in [-0.05, 0) is 30.3 Å². The van der Waals surface area contributed by atoms with Gasteiger partial charge >= 0.3 is 5.97 Å². The molecule has 0 aliphatic carbocycles. The van der Waals surface area contributed by atoms with E-state index in [1.165, 1.54) is 17.7 Å². The van der Waals surface area contributed by atoms with E-state index in [9.17, 15) is 14.4 Å². The van der Waals surface area contributed by atoms with Crippen LogP contribution in [0, 0.1) is 0 Å². The molecule has 2 heterocycles. The molecule has 0 bridgehead atoms. The number of ether oxygens (including phenoxy) is 3. The Morgan fingerprint density at radius 3 is 2.74 bits per heavy atom. The Balaban J connectivity index is 1.35. The fourth-order valence-electron chi connectivity index (χ4n) is 3.17. The molecule has 10 nitrogen and oxygen atoms in total. The Labute approximate surface area is 197 Å².